The lowest BCUT2D eigenvalue weighted by Crippen LogP contribution is -2.42. The summed E-state index contributed by atoms with van der Waals surface area (Å²) in [5.41, 5.74) is 0.336. The number of aromatic nitrogens is 1. The summed E-state index contributed by atoms with van der Waals surface area (Å²) in [5, 5.41) is 3.43. The molecule has 1 aromatic carbocycles. The number of para-hydroxylation sites is 1. The van der Waals surface area contributed by atoms with Crippen molar-refractivity contribution in [3.63, 3.8) is 0 Å². The zero-order valence-corrected chi connectivity index (χ0v) is 14.2. The van der Waals surface area contributed by atoms with Crippen LogP contribution in [0.2, 0.25) is 0 Å². The number of hydrogen-bond acceptors (Lipinski definition) is 4. The number of H-pyrrole nitrogens is 1. The fourth-order valence-electron chi connectivity index (χ4n) is 3.15. The zero-order valence-electron chi connectivity index (χ0n) is 14.2. The number of carbonyl (C=O) groups excluding carboxylic acids is 2. The Kier molecular flexibility index (Phi) is 5.16. The molecule has 2 N–H and O–H groups in total. The van der Waals surface area contributed by atoms with Crippen LogP contribution < -0.4 is 10.7 Å². The predicted molar refractivity (Wildman–Crippen MR) is 94.5 cm³/mol. The van der Waals surface area contributed by atoms with Crippen LogP contribution in [0, 0.1) is 0 Å². The van der Waals surface area contributed by atoms with E-state index in [9.17, 15) is 14.4 Å². The Labute approximate surface area is 145 Å². The summed E-state index contributed by atoms with van der Waals surface area (Å²) in [7, 11) is 0. The highest BCUT2D eigenvalue weighted by molar-refractivity contribution is 5.93. The Morgan fingerprint density at radius 1 is 1.20 bits per heavy atom. The number of nitrogens with one attached hydrogen (secondary N) is 2. The third-order valence-electron chi connectivity index (χ3n) is 4.56. The molecule has 1 amide bonds. The molecule has 6 heteroatoms. The molecule has 0 bridgehead atoms. The maximum Gasteiger partial charge on any atom is 0.355 e. The van der Waals surface area contributed by atoms with Crippen molar-refractivity contribution in [2.45, 2.75) is 51.2 Å². The van der Waals surface area contributed by atoms with Gasteiger partial charge in [0.25, 0.3) is 5.91 Å². The second kappa shape index (κ2) is 7.51. The van der Waals surface area contributed by atoms with Crippen molar-refractivity contribution in [1.29, 1.82) is 0 Å². The zero-order chi connectivity index (χ0) is 17.8. The number of hydrogen-bond donors (Lipinski definition) is 2. The van der Waals surface area contributed by atoms with Gasteiger partial charge in [-0.15, -0.1) is 0 Å². The minimum Gasteiger partial charge on any atom is -0.448 e. The summed E-state index contributed by atoms with van der Waals surface area (Å²) < 4.78 is 5.22. The monoisotopic (exact) mass is 342 g/mol. The molecule has 25 heavy (non-hydrogen) atoms. The molecule has 0 unspecified atom stereocenters. The SMILES string of the molecule is C[C@@H](OC(=O)c1cc(=O)c2ccccc2[nH]1)C(=O)NC1CCCCC1. The van der Waals surface area contributed by atoms with E-state index in [0.717, 1.165) is 25.7 Å². The van der Waals surface area contributed by atoms with Gasteiger partial charge in [0, 0.05) is 23.0 Å². The number of pyridine rings is 1. The lowest BCUT2D eigenvalue weighted by atomic mass is 9.95. The highest BCUT2D eigenvalue weighted by atomic mass is 16.5. The van der Waals surface area contributed by atoms with Crippen LogP contribution in [0.1, 0.15) is 49.5 Å². The molecule has 0 saturated heterocycles. The molecule has 1 aliphatic carbocycles. The second-order valence-corrected chi connectivity index (χ2v) is 6.48. The molecule has 1 aliphatic rings. The van der Waals surface area contributed by atoms with E-state index >= 15 is 0 Å². The van der Waals surface area contributed by atoms with Gasteiger partial charge in [0.15, 0.2) is 11.5 Å². The number of fused-ring (bicyclic) bond motifs is 1. The smallest absolute Gasteiger partial charge is 0.355 e. The minimum absolute atomic E-state index is 0.0426. The van der Waals surface area contributed by atoms with Crippen molar-refractivity contribution < 1.29 is 14.3 Å². The van der Waals surface area contributed by atoms with Crippen molar-refractivity contribution >= 4 is 22.8 Å². The summed E-state index contributed by atoms with van der Waals surface area (Å²) >= 11 is 0. The van der Waals surface area contributed by atoms with E-state index in [0.29, 0.717) is 10.9 Å². The molecule has 1 atom stereocenters. The van der Waals surface area contributed by atoms with Gasteiger partial charge in [-0.1, -0.05) is 31.4 Å². The predicted octanol–water partition coefficient (Wildman–Crippen LogP) is 2.52. The van der Waals surface area contributed by atoms with Gasteiger partial charge in [-0.3, -0.25) is 9.59 Å². The first-order valence-electron chi connectivity index (χ1n) is 8.68. The Bertz CT molecular complexity index is 837. The van der Waals surface area contributed by atoms with Gasteiger partial charge >= 0.3 is 5.97 Å². The Morgan fingerprint density at radius 2 is 1.92 bits per heavy atom. The van der Waals surface area contributed by atoms with Gasteiger partial charge in [-0.25, -0.2) is 4.79 Å². The van der Waals surface area contributed by atoms with E-state index in [1.807, 2.05) is 0 Å². The van der Waals surface area contributed by atoms with E-state index in [1.165, 1.54) is 19.4 Å². The lowest BCUT2D eigenvalue weighted by Gasteiger charge is -2.24. The van der Waals surface area contributed by atoms with E-state index < -0.39 is 12.1 Å². The van der Waals surface area contributed by atoms with Crippen LogP contribution in [0.3, 0.4) is 0 Å². The number of rotatable bonds is 4. The number of aromatic amines is 1. The third-order valence-corrected chi connectivity index (χ3v) is 4.56. The van der Waals surface area contributed by atoms with Crippen LogP contribution in [0.25, 0.3) is 10.9 Å². The van der Waals surface area contributed by atoms with Crippen LogP contribution in [0.4, 0.5) is 0 Å². The van der Waals surface area contributed by atoms with Gasteiger partial charge in [0.2, 0.25) is 0 Å². The highest BCUT2D eigenvalue weighted by Crippen LogP contribution is 2.17. The first-order valence-corrected chi connectivity index (χ1v) is 8.68. The molecule has 1 heterocycles. The topological polar surface area (TPSA) is 88.3 Å². The average Bonchev–Trinajstić information content (AvgIpc) is 2.62. The van der Waals surface area contributed by atoms with Crippen LogP contribution in [0.5, 0.6) is 0 Å². The summed E-state index contributed by atoms with van der Waals surface area (Å²) in [6.45, 7) is 1.54. The van der Waals surface area contributed by atoms with E-state index in [-0.39, 0.29) is 23.1 Å². The largest absolute Gasteiger partial charge is 0.448 e. The van der Waals surface area contributed by atoms with Gasteiger partial charge in [-0.05, 0) is 31.9 Å². The molecule has 1 aromatic heterocycles. The molecule has 1 saturated carbocycles. The van der Waals surface area contributed by atoms with Crippen LogP contribution in [-0.2, 0) is 9.53 Å². The summed E-state index contributed by atoms with van der Waals surface area (Å²) in [4.78, 5) is 39.4. The van der Waals surface area contributed by atoms with Gasteiger partial charge in [-0.2, -0.15) is 0 Å². The molecule has 0 aliphatic heterocycles. The van der Waals surface area contributed by atoms with Crippen molar-refractivity contribution in [1.82, 2.24) is 10.3 Å². The van der Waals surface area contributed by atoms with Crippen LogP contribution in [0.15, 0.2) is 35.1 Å². The van der Waals surface area contributed by atoms with E-state index in [4.69, 9.17) is 4.74 Å². The Morgan fingerprint density at radius 3 is 2.68 bits per heavy atom. The average molecular weight is 342 g/mol. The maximum absolute atomic E-state index is 12.3. The van der Waals surface area contributed by atoms with Crippen LogP contribution in [-0.4, -0.2) is 29.0 Å². The highest BCUT2D eigenvalue weighted by Gasteiger charge is 2.23. The van der Waals surface area contributed by atoms with E-state index in [1.54, 1.807) is 24.3 Å². The quantitative estimate of drug-likeness (QED) is 0.836. The number of esters is 1. The van der Waals surface area contributed by atoms with Crippen molar-refractivity contribution in [3.8, 4) is 0 Å². The fraction of sp³-hybridized carbons (Fsp3) is 0.421. The van der Waals surface area contributed by atoms with Gasteiger partial charge < -0.3 is 15.0 Å². The molecule has 1 fully saturated rings. The Hall–Kier alpha value is -2.63. The second-order valence-electron chi connectivity index (χ2n) is 6.48. The molecule has 0 radical (unpaired) electrons. The molecule has 2 aromatic rings. The van der Waals surface area contributed by atoms with Gasteiger partial charge in [0.05, 0.1) is 0 Å². The number of ether oxygens (including phenoxy) is 1. The summed E-state index contributed by atoms with van der Waals surface area (Å²) in [6, 6.07) is 8.29. The first kappa shape index (κ1) is 17.2. The lowest BCUT2D eigenvalue weighted by molar-refractivity contribution is -0.130. The summed E-state index contributed by atoms with van der Waals surface area (Å²) in [6.07, 6.45) is 4.43. The van der Waals surface area contributed by atoms with E-state index in [2.05, 4.69) is 10.3 Å². The Balaban J connectivity index is 1.66. The molecule has 0 spiro atoms. The number of benzene rings is 1. The fourth-order valence-corrected chi connectivity index (χ4v) is 3.15. The molecule has 6 nitrogen and oxygen atoms in total. The third kappa shape index (κ3) is 4.07. The molecular formula is C19H22N2O4. The minimum atomic E-state index is -0.913. The first-order chi connectivity index (χ1) is 12.0. The standard InChI is InChI=1S/C19H22N2O4/c1-12(18(23)20-13-7-3-2-4-8-13)25-19(24)16-11-17(22)14-9-5-6-10-15(14)21-16/h5-6,9-13H,2-4,7-8H2,1H3,(H,20,23)(H,21,22)/t12-/m1/s1. The molecule has 132 valence electrons. The van der Waals surface area contributed by atoms with Crippen molar-refractivity contribution in [3.05, 3.63) is 46.2 Å². The maximum atomic E-state index is 12.3. The summed E-state index contributed by atoms with van der Waals surface area (Å²) in [5.74, 6) is -1.02. The van der Waals surface area contributed by atoms with Gasteiger partial charge in [0.1, 0.15) is 5.69 Å². The van der Waals surface area contributed by atoms with Crippen molar-refractivity contribution in [2.75, 3.05) is 0 Å². The molecule has 3 rings (SSSR count). The number of carbonyl (C=O) groups is 2. The number of amides is 1. The van der Waals surface area contributed by atoms with Crippen LogP contribution >= 0.6 is 0 Å². The normalized spacial score (nSPS) is 16.4. The molecular weight excluding hydrogens is 320 g/mol. The van der Waals surface area contributed by atoms with Crippen molar-refractivity contribution in [2.24, 2.45) is 0 Å².